The third-order valence-corrected chi connectivity index (χ3v) is 2.12. The maximum Gasteiger partial charge on any atom is 0.223 e. The quantitative estimate of drug-likeness (QED) is 0.869. The van der Waals surface area contributed by atoms with Gasteiger partial charge in [0.25, 0.3) is 0 Å². The number of hydrogen-bond acceptors (Lipinski definition) is 4. The number of anilines is 1. The molecule has 0 aliphatic rings. The minimum absolute atomic E-state index is 0.541. The first-order valence-corrected chi connectivity index (χ1v) is 4.90. The summed E-state index contributed by atoms with van der Waals surface area (Å²) in [4.78, 5) is 4.08. The van der Waals surface area contributed by atoms with Crippen molar-refractivity contribution in [1.82, 2.24) is 10.1 Å². The van der Waals surface area contributed by atoms with Crippen molar-refractivity contribution in [3.8, 4) is 0 Å². The molecule has 2 rings (SSSR count). The Morgan fingerprint density at radius 2 is 2.07 bits per heavy atom. The Hall–Kier alpha value is -1.55. The van der Waals surface area contributed by atoms with E-state index in [1.54, 1.807) is 6.92 Å². The molecule has 15 heavy (non-hydrogen) atoms. The van der Waals surface area contributed by atoms with Crippen molar-refractivity contribution in [2.75, 3.05) is 5.32 Å². The van der Waals surface area contributed by atoms with Crippen LogP contribution in [0.15, 0.2) is 28.8 Å². The smallest absolute Gasteiger partial charge is 0.223 e. The van der Waals surface area contributed by atoms with E-state index in [4.69, 9.17) is 16.1 Å². The molecular weight excluding hydrogens is 214 g/mol. The minimum Gasteiger partial charge on any atom is -0.378 e. The van der Waals surface area contributed by atoms with Gasteiger partial charge in [0.15, 0.2) is 5.82 Å². The highest BCUT2D eigenvalue weighted by molar-refractivity contribution is 6.30. The molecule has 0 unspecified atom stereocenters. The van der Waals surface area contributed by atoms with E-state index in [-0.39, 0.29) is 0 Å². The molecule has 0 spiro atoms. The Morgan fingerprint density at radius 3 is 2.67 bits per heavy atom. The first-order chi connectivity index (χ1) is 7.24. The standard InChI is InChI=1S/C10H10ClN3O/c1-7-13-10(14-15-7)6-12-9-4-2-8(11)3-5-9/h2-5,12H,6H2,1H3. The molecule has 0 bridgehead atoms. The topological polar surface area (TPSA) is 51.0 Å². The summed E-state index contributed by atoms with van der Waals surface area (Å²) in [6, 6.07) is 7.45. The van der Waals surface area contributed by atoms with E-state index in [2.05, 4.69) is 15.5 Å². The van der Waals surface area contributed by atoms with Gasteiger partial charge in [-0.15, -0.1) is 0 Å². The monoisotopic (exact) mass is 223 g/mol. The van der Waals surface area contributed by atoms with Gasteiger partial charge in [-0.3, -0.25) is 0 Å². The maximum absolute atomic E-state index is 5.76. The van der Waals surface area contributed by atoms with Crippen LogP contribution in [0.2, 0.25) is 5.02 Å². The van der Waals surface area contributed by atoms with Crippen molar-refractivity contribution in [2.45, 2.75) is 13.5 Å². The number of aromatic nitrogens is 2. The molecule has 1 aromatic carbocycles. The summed E-state index contributed by atoms with van der Waals surface area (Å²) in [5, 5.41) is 7.65. The summed E-state index contributed by atoms with van der Waals surface area (Å²) in [5.74, 6) is 1.21. The second kappa shape index (κ2) is 4.31. The normalized spacial score (nSPS) is 10.3. The van der Waals surface area contributed by atoms with Gasteiger partial charge in [-0.2, -0.15) is 4.98 Å². The Balaban J connectivity index is 1.96. The molecule has 0 aliphatic heterocycles. The number of rotatable bonds is 3. The van der Waals surface area contributed by atoms with Gasteiger partial charge < -0.3 is 9.84 Å². The molecule has 0 atom stereocenters. The number of nitrogens with one attached hydrogen (secondary N) is 1. The molecule has 0 saturated heterocycles. The zero-order valence-corrected chi connectivity index (χ0v) is 8.95. The summed E-state index contributed by atoms with van der Waals surface area (Å²) in [6.07, 6.45) is 0. The maximum atomic E-state index is 5.76. The zero-order valence-electron chi connectivity index (χ0n) is 8.20. The van der Waals surface area contributed by atoms with Crippen molar-refractivity contribution in [2.24, 2.45) is 0 Å². The third-order valence-electron chi connectivity index (χ3n) is 1.86. The molecule has 1 N–H and O–H groups in total. The van der Waals surface area contributed by atoms with Gasteiger partial charge in [0.2, 0.25) is 5.89 Å². The molecule has 5 heteroatoms. The Labute approximate surface area is 92.3 Å². The fraction of sp³-hybridized carbons (Fsp3) is 0.200. The third kappa shape index (κ3) is 2.70. The van der Waals surface area contributed by atoms with E-state index in [1.165, 1.54) is 0 Å². The molecule has 0 aliphatic carbocycles. The lowest BCUT2D eigenvalue weighted by Gasteiger charge is -2.02. The summed E-state index contributed by atoms with van der Waals surface area (Å²) < 4.78 is 4.85. The van der Waals surface area contributed by atoms with Crippen LogP contribution in [0.1, 0.15) is 11.7 Å². The van der Waals surface area contributed by atoms with Gasteiger partial charge >= 0.3 is 0 Å². The highest BCUT2D eigenvalue weighted by Crippen LogP contribution is 2.13. The van der Waals surface area contributed by atoms with Crippen LogP contribution < -0.4 is 5.32 Å². The van der Waals surface area contributed by atoms with E-state index in [9.17, 15) is 0 Å². The summed E-state index contributed by atoms with van der Waals surface area (Å²) in [6.45, 7) is 2.30. The second-order valence-electron chi connectivity index (χ2n) is 3.09. The summed E-state index contributed by atoms with van der Waals surface area (Å²) in [5.41, 5.74) is 0.974. The first-order valence-electron chi connectivity index (χ1n) is 4.52. The Morgan fingerprint density at radius 1 is 1.33 bits per heavy atom. The Bertz CT molecular complexity index is 438. The van der Waals surface area contributed by atoms with E-state index < -0.39 is 0 Å². The predicted molar refractivity (Wildman–Crippen MR) is 57.8 cm³/mol. The molecule has 78 valence electrons. The molecule has 4 nitrogen and oxygen atoms in total. The molecule has 1 aromatic heterocycles. The highest BCUT2D eigenvalue weighted by atomic mass is 35.5. The van der Waals surface area contributed by atoms with Crippen LogP contribution >= 0.6 is 11.6 Å². The van der Waals surface area contributed by atoms with Crippen LogP contribution in [0, 0.1) is 6.92 Å². The van der Waals surface area contributed by atoms with Crippen LogP contribution in [0.4, 0.5) is 5.69 Å². The van der Waals surface area contributed by atoms with Gasteiger partial charge in [0.1, 0.15) is 0 Å². The van der Waals surface area contributed by atoms with Crippen LogP contribution in [-0.4, -0.2) is 10.1 Å². The molecular formula is C10H10ClN3O. The van der Waals surface area contributed by atoms with Crippen molar-refractivity contribution in [3.63, 3.8) is 0 Å². The van der Waals surface area contributed by atoms with Crippen LogP contribution in [0.3, 0.4) is 0 Å². The lowest BCUT2D eigenvalue weighted by atomic mass is 10.3. The number of aryl methyl sites for hydroxylation is 1. The van der Waals surface area contributed by atoms with E-state index >= 15 is 0 Å². The molecule has 1 heterocycles. The van der Waals surface area contributed by atoms with Crippen molar-refractivity contribution >= 4 is 17.3 Å². The molecule has 0 radical (unpaired) electrons. The van der Waals surface area contributed by atoms with Gasteiger partial charge in [-0.25, -0.2) is 0 Å². The number of halogens is 1. The first kappa shape index (κ1) is 9.98. The average molecular weight is 224 g/mol. The lowest BCUT2D eigenvalue weighted by Crippen LogP contribution is -2.00. The second-order valence-corrected chi connectivity index (χ2v) is 3.53. The van der Waals surface area contributed by atoms with E-state index in [0.717, 1.165) is 10.7 Å². The predicted octanol–water partition coefficient (Wildman–Crippen LogP) is 2.64. The van der Waals surface area contributed by atoms with Gasteiger partial charge in [0, 0.05) is 17.6 Å². The van der Waals surface area contributed by atoms with Gasteiger partial charge in [0.05, 0.1) is 6.54 Å². The fourth-order valence-corrected chi connectivity index (χ4v) is 1.29. The van der Waals surface area contributed by atoms with E-state index in [0.29, 0.717) is 18.3 Å². The highest BCUT2D eigenvalue weighted by Gasteiger charge is 2.01. The lowest BCUT2D eigenvalue weighted by molar-refractivity contribution is 0.388. The van der Waals surface area contributed by atoms with Crippen molar-refractivity contribution in [1.29, 1.82) is 0 Å². The van der Waals surface area contributed by atoms with Gasteiger partial charge in [-0.05, 0) is 24.3 Å². The summed E-state index contributed by atoms with van der Waals surface area (Å²) in [7, 11) is 0. The van der Waals surface area contributed by atoms with Crippen LogP contribution in [0.5, 0.6) is 0 Å². The fourth-order valence-electron chi connectivity index (χ4n) is 1.16. The molecule has 0 saturated carbocycles. The average Bonchev–Trinajstić information content (AvgIpc) is 2.64. The number of hydrogen-bond donors (Lipinski definition) is 1. The summed E-state index contributed by atoms with van der Waals surface area (Å²) >= 11 is 5.76. The SMILES string of the molecule is Cc1nc(CNc2ccc(Cl)cc2)no1. The van der Waals surface area contributed by atoms with E-state index in [1.807, 2.05) is 24.3 Å². The van der Waals surface area contributed by atoms with Crippen molar-refractivity contribution in [3.05, 3.63) is 41.0 Å². The Kier molecular flexibility index (Phi) is 2.87. The number of nitrogens with zero attached hydrogens (tertiary/aromatic N) is 2. The molecule has 2 aromatic rings. The molecule has 0 amide bonds. The van der Waals surface area contributed by atoms with Crippen LogP contribution in [0.25, 0.3) is 0 Å². The minimum atomic E-state index is 0.541. The van der Waals surface area contributed by atoms with Crippen LogP contribution in [-0.2, 0) is 6.54 Å². The van der Waals surface area contributed by atoms with Gasteiger partial charge in [-0.1, -0.05) is 16.8 Å². The zero-order chi connectivity index (χ0) is 10.7. The van der Waals surface area contributed by atoms with Crippen molar-refractivity contribution < 1.29 is 4.52 Å². The largest absolute Gasteiger partial charge is 0.378 e. The molecule has 0 fully saturated rings. The number of benzene rings is 1.